The fraction of sp³-hybridized carbons (Fsp3) is 0.600. The van der Waals surface area contributed by atoms with E-state index >= 15 is 0 Å². The van der Waals surface area contributed by atoms with Gasteiger partial charge in [0.1, 0.15) is 5.75 Å². The average Bonchev–Trinajstić information content (AvgIpc) is 2.97. The minimum Gasteiger partial charge on any atom is -0.482 e. The molecule has 2 aliphatic heterocycles. The fourth-order valence-electron chi connectivity index (χ4n) is 3.56. The zero-order chi connectivity index (χ0) is 19.1. The Morgan fingerprint density at radius 2 is 1.48 bits per heavy atom. The van der Waals surface area contributed by atoms with Gasteiger partial charge in [0.25, 0.3) is 5.91 Å². The van der Waals surface area contributed by atoms with Crippen molar-refractivity contribution in [3.63, 3.8) is 0 Å². The molecule has 0 atom stereocenters. The van der Waals surface area contributed by atoms with E-state index in [1.54, 1.807) is 17.0 Å². The second-order valence-corrected chi connectivity index (χ2v) is 7.58. The van der Waals surface area contributed by atoms with Gasteiger partial charge in [-0.05, 0) is 25.0 Å². The molecule has 1 aromatic carbocycles. The molecule has 7 heteroatoms. The second kappa shape index (κ2) is 9.95. The second-order valence-electron chi connectivity index (χ2n) is 7.17. The Hall–Kier alpha value is -1.79. The summed E-state index contributed by atoms with van der Waals surface area (Å²) in [5, 5.41) is 0.502. The van der Waals surface area contributed by atoms with E-state index in [1.807, 2.05) is 17.0 Å². The summed E-state index contributed by atoms with van der Waals surface area (Å²) < 4.78 is 5.54. The number of hydrogen-bond donors (Lipinski definition) is 0. The number of halogens is 1. The van der Waals surface area contributed by atoms with Gasteiger partial charge in [-0.25, -0.2) is 0 Å². The minimum absolute atomic E-state index is 0.0174. The zero-order valence-corrected chi connectivity index (χ0v) is 16.5. The highest BCUT2D eigenvalue weighted by atomic mass is 35.5. The van der Waals surface area contributed by atoms with E-state index in [0.717, 1.165) is 39.0 Å². The normalized spacial score (nSPS) is 18.9. The summed E-state index contributed by atoms with van der Waals surface area (Å²) in [6, 6.07) is 7.14. The van der Waals surface area contributed by atoms with Crippen LogP contribution in [-0.2, 0) is 9.59 Å². The van der Waals surface area contributed by atoms with Crippen LogP contribution in [-0.4, -0.2) is 78.9 Å². The lowest BCUT2D eigenvalue weighted by Gasteiger charge is -2.35. The Morgan fingerprint density at radius 1 is 0.852 bits per heavy atom. The predicted octanol–water partition coefficient (Wildman–Crippen LogP) is 2.27. The Balaban J connectivity index is 1.39. The van der Waals surface area contributed by atoms with Crippen molar-refractivity contribution >= 4 is 23.4 Å². The predicted molar refractivity (Wildman–Crippen MR) is 105 cm³/mol. The highest BCUT2D eigenvalue weighted by Gasteiger charge is 2.24. The van der Waals surface area contributed by atoms with E-state index in [9.17, 15) is 9.59 Å². The van der Waals surface area contributed by atoms with Crippen molar-refractivity contribution in [1.82, 2.24) is 14.7 Å². The molecule has 0 saturated carbocycles. The van der Waals surface area contributed by atoms with Crippen molar-refractivity contribution in [2.45, 2.75) is 25.7 Å². The number of piperazine rings is 1. The quantitative estimate of drug-likeness (QED) is 0.770. The van der Waals surface area contributed by atoms with Crippen LogP contribution in [0, 0.1) is 0 Å². The van der Waals surface area contributed by atoms with Crippen molar-refractivity contribution in [3.05, 3.63) is 29.3 Å². The Kier molecular flexibility index (Phi) is 7.35. The molecule has 3 rings (SSSR count). The molecule has 6 nitrogen and oxygen atoms in total. The van der Waals surface area contributed by atoms with E-state index in [0.29, 0.717) is 30.4 Å². The molecule has 2 fully saturated rings. The molecule has 2 aliphatic rings. The topological polar surface area (TPSA) is 53.1 Å². The number of nitrogens with zero attached hydrogens (tertiary/aromatic N) is 3. The van der Waals surface area contributed by atoms with Gasteiger partial charge >= 0.3 is 0 Å². The lowest BCUT2D eigenvalue weighted by molar-refractivity contribution is -0.136. The van der Waals surface area contributed by atoms with Gasteiger partial charge in [0.05, 0.1) is 11.6 Å². The number of amides is 2. The molecule has 0 radical (unpaired) electrons. The van der Waals surface area contributed by atoms with E-state index in [4.69, 9.17) is 16.3 Å². The van der Waals surface area contributed by atoms with Gasteiger partial charge in [-0.2, -0.15) is 0 Å². The fourth-order valence-corrected chi connectivity index (χ4v) is 3.75. The number of likely N-dealkylation sites (tertiary alicyclic amines) is 1. The van der Waals surface area contributed by atoms with Crippen LogP contribution in [0.4, 0.5) is 0 Å². The molecule has 0 spiro atoms. The van der Waals surface area contributed by atoms with E-state index in [-0.39, 0.29) is 18.4 Å². The van der Waals surface area contributed by atoms with Gasteiger partial charge in [-0.1, -0.05) is 36.6 Å². The molecule has 0 N–H and O–H groups in total. The maximum absolute atomic E-state index is 12.5. The Labute approximate surface area is 166 Å². The lowest BCUT2D eigenvalue weighted by Crippen LogP contribution is -2.52. The molecule has 0 aromatic heterocycles. The number of ether oxygens (including phenoxy) is 1. The van der Waals surface area contributed by atoms with Gasteiger partial charge in [-0.15, -0.1) is 0 Å². The number of carbonyl (C=O) groups excluding carboxylic acids is 2. The summed E-state index contributed by atoms with van der Waals surface area (Å²) in [6.45, 7) is 4.90. The third-order valence-electron chi connectivity index (χ3n) is 5.23. The molecular weight excluding hydrogens is 366 g/mol. The van der Waals surface area contributed by atoms with Gasteiger partial charge in [0.15, 0.2) is 6.61 Å². The summed E-state index contributed by atoms with van der Waals surface area (Å²) in [6.07, 6.45) is 4.67. The van der Waals surface area contributed by atoms with E-state index < -0.39 is 0 Å². The summed E-state index contributed by atoms with van der Waals surface area (Å²) in [7, 11) is 0. The van der Waals surface area contributed by atoms with Crippen LogP contribution in [0.25, 0.3) is 0 Å². The van der Waals surface area contributed by atoms with Gasteiger partial charge in [-0.3, -0.25) is 14.5 Å². The van der Waals surface area contributed by atoms with Gasteiger partial charge in [0.2, 0.25) is 5.91 Å². The molecule has 2 amide bonds. The highest BCUT2D eigenvalue weighted by Crippen LogP contribution is 2.23. The SMILES string of the molecule is O=C(COc1ccccc1Cl)N1CCN(CC(=O)N2CCCCCC2)CC1. The van der Waals surface area contributed by atoms with Crippen LogP contribution < -0.4 is 4.74 Å². The first-order valence-electron chi connectivity index (χ1n) is 9.79. The number of carbonyl (C=O) groups is 2. The van der Waals surface area contributed by atoms with Crippen molar-refractivity contribution < 1.29 is 14.3 Å². The van der Waals surface area contributed by atoms with Crippen LogP contribution in [0.15, 0.2) is 24.3 Å². The van der Waals surface area contributed by atoms with Gasteiger partial charge < -0.3 is 14.5 Å². The van der Waals surface area contributed by atoms with Crippen molar-refractivity contribution in [2.24, 2.45) is 0 Å². The first-order chi connectivity index (χ1) is 13.1. The molecule has 0 bridgehead atoms. The zero-order valence-electron chi connectivity index (χ0n) is 15.7. The first kappa shape index (κ1) is 20.0. The standard InChI is InChI=1S/C20H28ClN3O3/c21-17-7-3-4-8-18(17)27-16-20(26)24-13-11-22(12-14-24)15-19(25)23-9-5-1-2-6-10-23/h3-4,7-8H,1-2,5-6,9-16H2. The van der Waals surface area contributed by atoms with Gasteiger partial charge in [0, 0.05) is 39.3 Å². The number of hydrogen-bond acceptors (Lipinski definition) is 4. The first-order valence-corrected chi connectivity index (χ1v) is 10.2. The molecule has 1 aromatic rings. The van der Waals surface area contributed by atoms with Crippen LogP contribution in [0.2, 0.25) is 5.02 Å². The van der Waals surface area contributed by atoms with Crippen LogP contribution in [0.5, 0.6) is 5.75 Å². The van der Waals surface area contributed by atoms with Crippen molar-refractivity contribution in [3.8, 4) is 5.75 Å². The smallest absolute Gasteiger partial charge is 0.260 e. The number of rotatable bonds is 5. The third kappa shape index (κ3) is 5.84. The molecule has 0 unspecified atom stereocenters. The maximum Gasteiger partial charge on any atom is 0.260 e. The van der Waals surface area contributed by atoms with E-state index in [2.05, 4.69) is 4.90 Å². The van der Waals surface area contributed by atoms with Crippen LogP contribution in [0.1, 0.15) is 25.7 Å². The summed E-state index contributed by atoms with van der Waals surface area (Å²) in [5.74, 6) is 0.696. The molecule has 27 heavy (non-hydrogen) atoms. The van der Waals surface area contributed by atoms with Crippen molar-refractivity contribution in [2.75, 3.05) is 52.4 Å². The minimum atomic E-state index is -0.0478. The summed E-state index contributed by atoms with van der Waals surface area (Å²) >= 11 is 6.04. The van der Waals surface area contributed by atoms with Crippen LogP contribution in [0.3, 0.4) is 0 Å². The average molecular weight is 394 g/mol. The Bertz CT molecular complexity index is 639. The summed E-state index contributed by atoms with van der Waals surface area (Å²) in [4.78, 5) is 30.8. The molecule has 2 saturated heterocycles. The molecular formula is C20H28ClN3O3. The molecule has 0 aliphatic carbocycles. The summed E-state index contributed by atoms with van der Waals surface area (Å²) in [5.41, 5.74) is 0. The third-order valence-corrected chi connectivity index (χ3v) is 5.54. The molecule has 148 valence electrons. The molecule has 2 heterocycles. The number of para-hydroxylation sites is 1. The lowest BCUT2D eigenvalue weighted by atomic mass is 10.2. The van der Waals surface area contributed by atoms with Crippen LogP contribution >= 0.6 is 11.6 Å². The number of benzene rings is 1. The van der Waals surface area contributed by atoms with Crippen molar-refractivity contribution in [1.29, 1.82) is 0 Å². The Morgan fingerprint density at radius 3 is 2.15 bits per heavy atom. The largest absolute Gasteiger partial charge is 0.482 e. The maximum atomic E-state index is 12.5. The highest BCUT2D eigenvalue weighted by molar-refractivity contribution is 6.32. The monoisotopic (exact) mass is 393 g/mol. The van der Waals surface area contributed by atoms with E-state index in [1.165, 1.54) is 12.8 Å².